The second-order valence-corrected chi connectivity index (χ2v) is 7.04. The first-order chi connectivity index (χ1) is 13.3. The minimum atomic E-state index is 0.146. The summed E-state index contributed by atoms with van der Waals surface area (Å²) in [5.74, 6) is 1.01. The summed E-state index contributed by atoms with van der Waals surface area (Å²) in [6, 6.07) is 14.4. The third-order valence-corrected chi connectivity index (χ3v) is 5.24. The molecule has 138 valence electrons. The van der Waals surface area contributed by atoms with Gasteiger partial charge in [0, 0.05) is 51.5 Å². The molecule has 0 aliphatic carbocycles. The minimum absolute atomic E-state index is 0.146. The molecule has 5 rings (SSSR count). The Hall–Kier alpha value is -2.93. The summed E-state index contributed by atoms with van der Waals surface area (Å²) in [7, 11) is 0. The van der Waals surface area contributed by atoms with Crippen LogP contribution in [0.2, 0.25) is 0 Å². The van der Waals surface area contributed by atoms with Crippen LogP contribution in [0.15, 0.2) is 60.0 Å². The highest BCUT2D eigenvalue weighted by Gasteiger charge is 2.26. The van der Waals surface area contributed by atoms with Crippen LogP contribution in [-0.4, -0.2) is 64.0 Å². The molecule has 0 N–H and O–H groups in total. The molecule has 2 aromatic heterocycles. The highest BCUT2D eigenvalue weighted by molar-refractivity contribution is 6.01. The Balaban J connectivity index is 1.15. The van der Waals surface area contributed by atoms with E-state index in [1.807, 2.05) is 35.0 Å². The van der Waals surface area contributed by atoms with Gasteiger partial charge >= 0.3 is 0 Å². The number of benzene rings is 1. The number of hydrogen-bond acceptors (Lipinski definition) is 6. The Kier molecular flexibility index (Phi) is 4.21. The number of nitrogens with zero attached hydrogens (tertiary/aromatic N) is 6. The van der Waals surface area contributed by atoms with Crippen LogP contribution in [-0.2, 0) is 4.84 Å². The molecule has 0 spiro atoms. The fourth-order valence-electron chi connectivity index (χ4n) is 3.75. The fourth-order valence-corrected chi connectivity index (χ4v) is 3.75. The summed E-state index contributed by atoms with van der Waals surface area (Å²) in [6.07, 6.45) is 4.68. The molecule has 0 bridgehead atoms. The summed E-state index contributed by atoms with van der Waals surface area (Å²) < 4.78 is 1.83. The van der Waals surface area contributed by atoms with E-state index in [2.05, 4.69) is 43.2 Å². The molecule has 1 saturated heterocycles. The van der Waals surface area contributed by atoms with Gasteiger partial charge in [-0.05, 0) is 17.7 Å². The number of piperazine rings is 1. The highest BCUT2D eigenvalue weighted by Crippen LogP contribution is 2.19. The lowest BCUT2D eigenvalue weighted by Gasteiger charge is -2.35. The summed E-state index contributed by atoms with van der Waals surface area (Å²) in [4.78, 5) is 14.7. The molecule has 2 aliphatic heterocycles. The molecule has 0 saturated carbocycles. The van der Waals surface area contributed by atoms with Gasteiger partial charge in [0.15, 0.2) is 5.65 Å². The van der Waals surface area contributed by atoms with Gasteiger partial charge in [0.1, 0.15) is 11.9 Å². The molecule has 1 atom stereocenters. The van der Waals surface area contributed by atoms with Gasteiger partial charge in [-0.2, -0.15) is 0 Å². The summed E-state index contributed by atoms with van der Waals surface area (Å²) in [6.45, 7) is 4.86. The minimum Gasteiger partial charge on any atom is -0.390 e. The predicted octanol–water partition coefficient (Wildman–Crippen LogP) is 2.04. The van der Waals surface area contributed by atoms with Gasteiger partial charge in [-0.15, -0.1) is 5.10 Å². The first-order valence-corrected chi connectivity index (χ1v) is 9.41. The fraction of sp³-hybridized carbons (Fsp3) is 0.350. The van der Waals surface area contributed by atoms with E-state index in [1.54, 1.807) is 6.20 Å². The van der Waals surface area contributed by atoms with Gasteiger partial charge < -0.3 is 9.74 Å². The molecule has 7 nitrogen and oxygen atoms in total. The number of hydrogen-bond donors (Lipinski definition) is 0. The van der Waals surface area contributed by atoms with E-state index >= 15 is 0 Å². The number of anilines is 1. The van der Waals surface area contributed by atoms with Crippen LogP contribution in [0.1, 0.15) is 12.0 Å². The third kappa shape index (κ3) is 3.38. The van der Waals surface area contributed by atoms with E-state index in [0.29, 0.717) is 0 Å². The number of aromatic nitrogens is 3. The highest BCUT2D eigenvalue weighted by atomic mass is 16.6. The van der Waals surface area contributed by atoms with E-state index in [9.17, 15) is 0 Å². The smallest absolute Gasteiger partial charge is 0.153 e. The zero-order chi connectivity index (χ0) is 18.1. The summed E-state index contributed by atoms with van der Waals surface area (Å²) in [5, 5.41) is 8.95. The molecule has 1 aromatic carbocycles. The number of oxime groups is 1. The van der Waals surface area contributed by atoms with E-state index in [0.717, 1.165) is 61.9 Å². The Morgan fingerprint density at radius 2 is 1.85 bits per heavy atom. The van der Waals surface area contributed by atoms with Gasteiger partial charge in [-0.1, -0.05) is 35.5 Å². The van der Waals surface area contributed by atoms with Crippen molar-refractivity contribution in [3.05, 3.63) is 60.4 Å². The number of imidazole rings is 1. The van der Waals surface area contributed by atoms with Crippen LogP contribution < -0.4 is 4.90 Å². The molecule has 27 heavy (non-hydrogen) atoms. The Bertz CT molecular complexity index is 945. The van der Waals surface area contributed by atoms with Gasteiger partial charge in [-0.25, -0.2) is 9.50 Å². The Morgan fingerprint density at radius 3 is 2.70 bits per heavy atom. The first-order valence-electron chi connectivity index (χ1n) is 9.41. The van der Waals surface area contributed by atoms with E-state index in [-0.39, 0.29) is 6.10 Å². The monoisotopic (exact) mass is 362 g/mol. The SMILES string of the molecule is c1ccc(C2=NOC(CN3CCN(c4ccc5nccn5n4)CC3)C2)cc1. The molecule has 0 amide bonds. The lowest BCUT2D eigenvalue weighted by atomic mass is 10.0. The van der Waals surface area contributed by atoms with Crippen LogP contribution in [0.25, 0.3) is 5.65 Å². The lowest BCUT2D eigenvalue weighted by Crippen LogP contribution is -2.49. The molecule has 1 fully saturated rings. The van der Waals surface area contributed by atoms with Crippen LogP contribution in [0.5, 0.6) is 0 Å². The largest absolute Gasteiger partial charge is 0.390 e. The van der Waals surface area contributed by atoms with Gasteiger partial charge in [-0.3, -0.25) is 4.90 Å². The van der Waals surface area contributed by atoms with Crippen LogP contribution in [0.3, 0.4) is 0 Å². The molecule has 0 radical (unpaired) electrons. The molecule has 2 aliphatic rings. The van der Waals surface area contributed by atoms with Crippen molar-refractivity contribution in [1.82, 2.24) is 19.5 Å². The Labute approximate surface area is 157 Å². The zero-order valence-electron chi connectivity index (χ0n) is 15.1. The van der Waals surface area contributed by atoms with Gasteiger partial charge in [0.25, 0.3) is 0 Å². The van der Waals surface area contributed by atoms with Crippen molar-refractivity contribution in [2.75, 3.05) is 37.6 Å². The molecule has 1 unspecified atom stereocenters. The van der Waals surface area contributed by atoms with E-state index < -0.39 is 0 Å². The van der Waals surface area contributed by atoms with E-state index in [4.69, 9.17) is 4.84 Å². The van der Waals surface area contributed by atoms with Gasteiger partial charge in [0.05, 0.1) is 5.71 Å². The molecule has 7 heteroatoms. The molecular weight excluding hydrogens is 340 g/mol. The average Bonchev–Trinajstić information content (AvgIpc) is 3.38. The van der Waals surface area contributed by atoms with Crippen LogP contribution >= 0.6 is 0 Å². The number of fused-ring (bicyclic) bond motifs is 1. The lowest BCUT2D eigenvalue weighted by molar-refractivity contribution is 0.0510. The van der Waals surface area contributed by atoms with Crippen molar-refractivity contribution in [2.45, 2.75) is 12.5 Å². The van der Waals surface area contributed by atoms with Crippen molar-refractivity contribution in [3.8, 4) is 0 Å². The molecule has 3 aromatic rings. The maximum atomic E-state index is 5.68. The summed E-state index contributed by atoms with van der Waals surface area (Å²) >= 11 is 0. The van der Waals surface area contributed by atoms with Crippen molar-refractivity contribution in [3.63, 3.8) is 0 Å². The Morgan fingerprint density at radius 1 is 1.00 bits per heavy atom. The van der Waals surface area contributed by atoms with Crippen molar-refractivity contribution in [1.29, 1.82) is 0 Å². The van der Waals surface area contributed by atoms with Crippen molar-refractivity contribution in [2.24, 2.45) is 5.16 Å². The van der Waals surface area contributed by atoms with Crippen molar-refractivity contribution < 1.29 is 4.84 Å². The topological polar surface area (TPSA) is 58.3 Å². The van der Waals surface area contributed by atoms with Crippen LogP contribution in [0, 0.1) is 0 Å². The quantitative estimate of drug-likeness (QED) is 0.711. The van der Waals surface area contributed by atoms with E-state index in [1.165, 1.54) is 0 Å². The maximum Gasteiger partial charge on any atom is 0.153 e. The van der Waals surface area contributed by atoms with Gasteiger partial charge in [0.2, 0.25) is 0 Å². The summed E-state index contributed by atoms with van der Waals surface area (Å²) in [5.41, 5.74) is 3.09. The van der Waals surface area contributed by atoms with Crippen LogP contribution in [0.4, 0.5) is 5.82 Å². The normalized spacial score (nSPS) is 20.7. The standard InChI is InChI=1S/C20H22N6O/c1-2-4-16(5-3-1)18-14-17(27-23-18)15-24-10-12-25(13-11-24)20-7-6-19-21-8-9-26(19)22-20/h1-9,17H,10-15H2. The second-order valence-electron chi connectivity index (χ2n) is 7.04. The predicted molar refractivity (Wildman–Crippen MR) is 104 cm³/mol. The third-order valence-electron chi connectivity index (χ3n) is 5.24. The van der Waals surface area contributed by atoms with Crippen molar-refractivity contribution >= 4 is 17.2 Å². The second kappa shape index (κ2) is 7.00. The maximum absolute atomic E-state index is 5.68. The number of rotatable bonds is 4. The average molecular weight is 362 g/mol. The molecular formula is C20H22N6O. The first kappa shape index (κ1) is 16.3. The zero-order valence-corrected chi connectivity index (χ0v) is 15.1. The molecule has 4 heterocycles.